The fraction of sp³-hybridized carbons (Fsp3) is 0.455. The molecule has 2 N–H and O–H groups in total. The molecule has 5 nitrogen and oxygen atoms in total. The van der Waals surface area contributed by atoms with Crippen LogP contribution in [0.3, 0.4) is 0 Å². The summed E-state index contributed by atoms with van der Waals surface area (Å²) in [5.74, 6) is 2.77. The van der Waals surface area contributed by atoms with Crippen LogP contribution in [0.4, 0.5) is 0 Å². The maximum absolute atomic E-state index is 10.8. The minimum absolute atomic E-state index is 0. The Bertz CT molecular complexity index is 775. The van der Waals surface area contributed by atoms with Crippen molar-refractivity contribution in [1.82, 2.24) is 10.2 Å². The summed E-state index contributed by atoms with van der Waals surface area (Å²) < 4.78 is 11.2. The van der Waals surface area contributed by atoms with Crippen molar-refractivity contribution >= 4 is 24.8 Å². The Balaban J connectivity index is 0.00000150. The van der Waals surface area contributed by atoms with Crippen LogP contribution in [0.5, 0.6) is 17.2 Å². The van der Waals surface area contributed by atoms with Gasteiger partial charge < -0.3 is 19.9 Å². The third-order valence-electron chi connectivity index (χ3n) is 5.82. The molecule has 160 valence electrons. The number of fused-ring (bicyclic) bond motifs is 1. The van der Waals surface area contributed by atoms with Crippen LogP contribution >= 0.6 is 24.8 Å². The van der Waals surface area contributed by atoms with E-state index in [2.05, 4.69) is 22.3 Å². The molecule has 0 unspecified atom stereocenters. The lowest BCUT2D eigenvalue weighted by atomic mass is 9.76. The van der Waals surface area contributed by atoms with E-state index in [1.165, 1.54) is 5.56 Å². The molecule has 29 heavy (non-hydrogen) atoms. The molecule has 2 atom stereocenters. The van der Waals surface area contributed by atoms with Gasteiger partial charge in [0.25, 0.3) is 0 Å². The molecule has 2 aliphatic heterocycles. The molecule has 2 saturated heterocycles. The molecule has 0 aliphatic carbocycles. The summed E-state index contributed by atoms with van der Waals surface area (Å²) in [6.07, 6.45) is 1.73. The predicted octanol–water partition coefficient (Wildman–Crippen LogP) is 3.88. The van der Waals surface area contributed by atoms with E-state index in [1.54, 1.807) is 7.11 Å². The average molecular weight is 441 g/mol. The first kappa shape index (κ1) is 23.8. The molecule has 2 aliphatic rings. The summed E-state index contributed by atoms with van der Waals surface area (Å²) in [7, 11) is 1.66. The van der Waals surface area contributed by atoms with Gasteiger partial charge in [0, 0.05) is 32.1 Å². The number of rotatable bonds is 5. The number of hydrogen-bond donors (Lipinski definition) is 2. The topological polar surface area (TPSA) is 54.0 Å². The van der Waals surface area contributed by atoms with Crippen LogP contribution in [0, 0.1) is 5.92 Å². The Kier molecular flexibility index (Phi) is 8.61. The second-order valence-corrected chi connectivity index (χ2v) is 7.66. The minimum atomic E-state index is -0.471. The van der Waals surface area contributed by atoms with Gasteiger partial charge in [-0.3, -0.25) is 4.90 Å². The monoisotopic (exact) mass is 440 g/mol. The number of ether oxygens (including phenoxy) is 2. The van der Waals surface area contributed by atoms with Crippen LogP contribution in [0.2, 0.25) is 0 Å². The second kappa shape index (κ2) is 10.5. The predicted molar refractivity (Wildman–Crippen MR) is 120 cm³/mol. The fourth-order valence-electron chi connectivity index (χ4n) is 4.18. The van der Waals surface area contributed by atoms with Crippen molar-refractivity contribution in [3.8, 4) is 17.2 Å². The third kappa shape index (κ3) is 5.77. The molecule has 0 bridgehead atoms. The van der Waals surface area contributed by atoms with Gasteiger partial charge in [0.05, 0.1) is 12.7 Å². The van der Waals surface area contributed by atoms with Gasteiger partial charge in [-0.15, -0.1) is 24.8 Å². The van der Waals surface area contributed by atoms with Gasteiger partial charge in [-0.1, -0.05) is 12.1 Å². The summed E-state index contributed by atoms with van der Waals surface area (Å²) in [6, 6.07) is 15.9. The van der Waals surface area contributed by atoms with Crippen molar-refractivity contribution < 1.29 is 14.6 Å². The lowest BCUT2D eigenvalue weighted by Crippen LogP contribution is -2.58. The first-order chi connectivity index (χ1) is 13.1. The van der Waals surface area contributed by atoms with Crippen molar-refractivity contribution in [2.24, 2.45) is 5.92 Å². The number of methoxy groups -OCH3 is 1. The Morgan fingerprint density at radius 1 is 1.07 bits per heavy atom. The fourth-order valence-corrected chi connectivity index (χ4v) is 4.18. The maximum Gasteiger partial charge on any atom is 0.127 e. The van der Waals surface area contributed by atoms with Crippen molar-refractivity contribution in [3.05, 3.63) is 54.1 Å². The maximum atomic E-state index is 10.8. The van der Waals surface area contributed by atoms with Crippen molar-refractivity contribution in [2.45, 2.75) is 25.0 Å². The van der Waals surface area contributed by atoms with Crippen LogP contribution < -0.4 is 14.8 Å². The van der Waals surface area contributed by atoms with Gasteiger partial charge in [0.15, 0.2) is 0 Å². The number of benzene rings is 2. The standard InChI is InChI=1S/C22H28N2O3.2ClH/c1-26-19-5-7-20(8-6-19)27-21-4-2-3-17(13-21)15-24-12-10-22(25)9-11-23-14-18(22)16-24;;/h2-8,13,18,23,25H,9-12,14-16H2,1H3;2*1H/t18-,22-;;/m0../s1. The Hall–Kier alpha value is -1.50. The van der Waals surface area contributed by atoms with Crippen LogP contribution in [0.25, 0.3) is 0 Å². The summed E-state index contributed by atoms with van der Waals surface area (Å²) in [6.45, 7) is 4.60. The molecule has 2 fully saturated rings. The highest BCUT2D eigenvalue weighted by Crippen LogP contribution is 2.33. The van der Waals surface area contributed by atoms with Gasteiger partial charge in [-0.25, -0.2) is 0 Å². The van der Waals surface area contributed by atoms with Gasteiger partial charge in [0.2, 0.25) is 0 Å². The minimum Gasteiger partial charge on any atom is -0.497 e. The molecule has 2 heterocycles. The average Bonchev–Trinajstić information content (AvgIpc) is 2.69. The number of piperidine rings is 2. The molecule has 0 amide bonds. The Morgan fingerprint density at radius 2 is 1.83 bits per heavy atom. The van der Waals surface area contributed by atoms with E-state index in [0.717, 1.165) is 62.8 Å². The van der Waals surface area contributed by atoms with Crippen LogP contribution in [-0.4, -0.2) is 48.9 Å². The molecule has 4 rings (SSSR count). The highest BCUT2D eigenvalue weighted by atomic mass is 35.5. The quantitative estimate of drug-likeness (QED) is 0.738. The first-order valence-corrected chi connectivity index (χ1v) is 9.71. The van der Waals surface area contributed by atoms with E-state index in [9.17, 15) is 5.11 Å². The number of hydrogen-bond acceptors (Lipinski definition) is 5. The normalized spacial score (nSPS) is 23.9. The molecule has 2 aromatic carbocycles. The Morgan fingerprint density at radius 3 is 2.59 bits per heavy atom. The smallest absolute Gasteiger partial charge is 0.127 e. The molecule has 2 aromatic rings. The highest BCUT2D eigenvalue weighted by Gasteiger charge is 2.42. The molecule has 0 radical (unpaired) electrons. The zero-order valence-electron chi connectivity index (χ0n) is 16.7. The molecular weight excluding hydrogens is 411 g/mol. The SMILES string of the molecule is COc1ccc(Oc2cccc(CN3CC[C@@]4(O)CCNC[C@H]4C3)c2)cc1.Cl.Cl. The number of halogens is 2. The summed E-state index contributed by atoms with van der Waals surface area (Å²) >= 11 is 0. The van der Waals surface area contributed by atoms with Gasteiger partial charge in [0.1, 0.15) is 17.2 Å². The summed E-state index contributed by atoms with van der Waals surface area (Å²) in [5.41, 5.74) is 0.761. The lowest BCUT2D eigenvalue weighted by molar-refractivity contribution is -0.0899. The van der Waals surface area contributed by atoms with Crippen molar-refractivity contribution in [2.75, 3.05) is 33.3 Å². The van der Waals surface area contributed by atoms with E-state index in [4.69, 9.17) is 9.47 Å². The van der Waals surface area contributed by atoms with E-state index in [-0.39, 0.29) is 24.8 Å². The number of nitrogens with zero attached hydrogens (tertiary/aromatic N) is 1. The van der Waals surface area contributed by atoms with E-state index in [1.807, 2.05) is 36.4 Å². The van der Waals surface area contributed by atoms with Gasteiger partial charge in [-0.2, -0.15) is 0 Å². The number of nitrogens with one attached hydrogen (secondary N) is 1. The summed E-state index contributed by atoms with van der Waals surface area (Å²) in [4.78, 5) is 2.44. The molecule has 0 aromatic heterocycles. The first-order valence-electron chi connectivity index (χ1n) is 9.71. The summed E-state index contributed by atoms with van der Waals surface area (Å²) in [5, 5.41) is 14.2. The molecule has 0 spiro atoms. The molecular formula is C22H30Cl2N2O3. The van der Waals surface area contributed by atoms with Crippen LogP contribution in [0.1, 0.15) is 18.4 Å². The zero-order chi connectivity index (χ0) is 18.7. The van der Waals surface area contributed by atoms with E-state index >= 15 is 0 Å². The van der Waals surface area contributed by atoms with E-state index in [0.29, 0.717) is 5.92 Å². The van der Waals surface area contributed by atoms with Crippen molar-refractivity contribution in [3.63, 3.8) is 0 Å². The van der Waals surface area contributed by atoms with Crippen LogP contribution in [-0.2, 0) is 6.54 Å². The zero-order valence-corrected chi connectivity index (χ0v) is 18.3. The van der Waals surface area contributed by atoms with Crippen molar-refractivity contribution in [1.29, 1.82) is 0 Å². The van der Waals surface area contributed by atoms with Crippen LogP contribution in [0.15, 0.2) is 48.5 Å². The van der Waals surface area contributed by atoms with Gasteiger partial charge in [-0.05, 0) is 61.3 Å². The number of likely N-dealkylation sites (tertiary alicyclic amines) is 1. The molecule has 0 saturated carbocycles. The second-order valence-electron chi connectivity index (χ2n) is 7.66. The van der Waals surface area contributed by atoms with Gasteiger partial charge >= 0.3 is 0 Å². The van der Waals surface area contributed by atoms with E-state index < -0.39 is 5.60 Å². The third-order valence-corrected chi connectivity index (χ3v) is 5.82. The largest absolute Gasteiger partial charge is 0.497 e. The lowest BCUT2D eigenvalue weighted by Gasteiger charge is -2.47. The highest BCUT2D eigenvalue weighted by molar-refractivity contribution is 5.85. The Labute approximate surface area is 185 Å². The molecule has 7 heteroatoms. The number of aliphatic hydroxyl groups is 1.